The van der Waals surface area contributed by atoms with Gasteiger partial charge in [-0.3, -0.25) is 9.78 Å². The van der Waals surface area contributed by atoms with Crippen molar-refractivity contribution in [2.24, 2.45) is 10.7 Å². The zero-order valence-electron chi connectivity index (χ0n) is 15.7. The highest BCUT2D eigenvalue weighted by molar-refractivity contribution is 5.96. The van der Waals surface area contributed by atoms with Crippen molar-refractivity contribution in [3.8, 4) is 0 Å². The van der Waals surface area contributed by atoms with E-state index in [1.54, 1.807) is 0 Å². The third-order valence-electron chi connectivity index (χ3n) is 4.79. The van der Waals surface area contributed by atoms with Crippen molar-refractivity contribution in [2.75, 3.05) is 6.67 Å². The van der Waals surface area contributed by atoms with E-state index in [1.807, 2.05) is 0 Å². The molecule has 0 bridgehead atoms. The Bertz CT molecular complexity index is 1050. The van der Waals surface area contributed by atoms with Gasteiger partial charge in [0, 0.05) is 18.2 Å². The number of aliphatic imine (C=N–C) groups is 1. The highest BCUT2D eigenvalue weighted by Gasteiger charge is 2.48. The zero-order valence-corrected chi connectivity index (χ0v) is 15.7. The van der Waals surface area contributed by atoms with Crippen molar-refractivity contribution in [1.82, 2.24) is 4.98 Å². The number of benzene rings is 1. The Hall–Kier alpha value is -3.48. The van der Waals surface area contributed by atoms with E-state index in [9.17, 15) is 22.4 Å². The summed E-state index contributed by atoms with van der Waals surface area (Å²) in [7, 11) is 0. The van der Waals surface area contributed by atoms with E-state index in [0.29, 0.717) is 0 Å². The summed E-state index contributed by atoms with van der Waals surface area (Å²) in [6.07, 6.45) is -2.95. The van der Waals surface area contributed by atoms with Gasteiger partial charge in [0.15, 0.2) is 29.7 Å². The predicted octanol–water partition coefficient (Wildman–Crippen LogP) is 3.57. The summed E-state index contributed by atoms with van der Waals surface area (Å²) >= 11 is 0. The summed E-state index contributed by atoms with van der Waals surface area (Å²) in [5.74, 6) is -3.23. The monoisotopic (exact) mass is 420 g/mol. The molecule has 1 aliphatic rings. The molecule has 0 saturated carbocycles. The number of Topliss-reactive ketones (excluding diaryl/α,β-unsaturated/α-hetero) is 1. The number of carbonyl (C=O) groups excluding carboxylic acids is 1. The van der Waals surface area contributed by atoms with Crippen molar-refractivity contribution < 1.29 is 27.1 Å². The van der Waals surface area contributed by atoms with E-state index in [0.717, 1.165) is 19.1 Å². The molecule has 6 nitrogen and oxygen atoms in total. The number of carbonyl (C=O) groups is 1. The molecule has 0 fully saturated rings. The van der Waals surface area contributed by atoms with Crippen LogP contribution in [0.3, 0.4) is 0 Å². The second-order valence-corrected chi connectivity index (χ2v) is 6.86. The topological polar surface area (TPSA) is 81.9 Å². The van der Waals surface area contributed by atoms with E-state index in [1.165, 1.54) is 18.3 Å². The van der Waals surface area contributed by atoms with Crippen LogP contribution in [-0.4, -0.2) is 35.7 Å². The van der Waals surface area contributed by atoms with Crippen molar-refractivity contribution in [2.45, 2.75) is 31.2 Å². The maximum atomic E-state index is 14.9. The van der Waals surface area contributed by atoms with Crippen LogP contribution < -0.4 is 5.73 Å². The lowest BCUT2D eigenvalue weighted by molar-refractivity contribution is 0.00430. The van der Waals surface area contributed by atoms with Gasteiger partial charge in [0.05, 0.1) is 6.57 Å². The lowest BCUT2D eigenvalue weighted by atomic mass is 9.83. The van der Waals surface area contributed by atoms with Crippen LogP contribution in [0.25, 0.3) is 4.85 Å². The summed E-state index contributed by atoms with van der Waals surface area (Å²) in [5.41, 5.74) is 3.20. The number of ether oxygens (including phenoxy) is 1. The molecule has 2 heterocycles. The van der Waals surface area contributed by atoms with Crippen molar-refractivity contribution in [3.05, 3.63) is 70.3 Å². The summed E-state index contributed by atoms with van der Waals surface area (Å²) in [5, 5.41) is 0. The number of ketones is 1. The lowest BCUT2D eigenvalue weighted by Gasteiger charge is -2.37. The Balaban J connectivity index is 1.99. The van der Waals surface area contributed by atoms with Crippen LogP contribution in [0.15, 0.2) is 35.5 Å². The smallest absolute Gasteiger partial charge is 0.283 e. The molecule has 30 heavy (non-hydrogen) atoms. The summed E-state index contributed by atoms with van der Waals surface area (Å²) in [6.45, 7) is 6.78. The predicted molar refractivity (Wildman–Crippen MR) is 99.6 cm³/mol. The van der Waals surface area contributed by atoms with Crippen LogP contribution >= 0.6 is 0 Å². The molecule has 10 heteroatoms. The standard InChI is InChI=1S/C20H16F4N4O2/c1-20(18(24)16(8-21)30-19(25)28-20)12-5-10(6-13(22)17(12)23)7-15(29)14-4-3-11(26-2)9-27-14/h3-6,9,16,18H,7-8H2,1H3,(H2,25,28)/t16-,18+,20-/m1/s1. The molecule has 2 aromatic rings. The highest BCUT2D eigenvalue weighted by atomic mass is 19.2. The fourth-order valence-corrected chi connectivity index (χ4v) is 3.22. The van der Waals surface area contributed by atoms with Gasteiger partial charge in [-0.15, -0.1) is 0 Å². The maximum absolute atomic E-state index is 14.9. The van der Waals surface area contributed by atoms with Gasteiger partial charge in [0.25, 0.3) is 6.02 Å². The fraction of sp³-hybridized carbons (Fsp3) is 0.300. The molecule has 0 saturated heterocycles. The number of aromatic nitrogens is 1. The minimum absolute atomic E-state index is 0.0223. The molecular formula is C20H16F4N4O2. The van der Waals surface area contributed by atoms with Gasteiger partial charge in [-0.05, 0) is 30.7 Å². The molecule has 0 aliphatic carbocycles. The van der Waals surface area contributed by atoms with Crippen molar-refractivity contribution >= 4 is 17.5 Å². The van der Waals surface area contributed by atoms with Crippen molar-refractivity contribution in [1.29, 1.82) is 0 Å². The second kappa shape index (κ2) is 8.10. The average molecular weight is 420 g/mol. The van der Waals surface area contributed by atoms with E-state index in [-0.39, 0.29) is 23.4 Å². The number of amidine groups is 1. The number of halogens is 4. The van der Waals surface area contributed by atoms with Crippen LogP contribution in [0, 0.1) is 18.2 Å². The number of hydrogen-bond donors (Lipinski definition) is 1. The molecule has 0 spiro atoms. The van der Waals surface area contributed by atoms with Crippen LogP contribution in [0.1, 0.15) is 28.5 Å². The normalized spacial score (nSPS) is 23.3. The number of nitrogens with two attached hydrogens (primary N) is 1. The highest BCUT2D eigenvalue weighted by Crippen LogP contribution is 2.39. The molecule has 3 atom stereocenters. The average Bonchev–Trinajstić information content (AvgIpc) is 2.73. The first-order valence-corrected chi connectivity index (χ1v) is 8.76. The fourth-order valence-electron chi connectivity index (χ4n) is 3.22. The Labute approximate surface area is 169 Å². The molecule has 1 aromatic heterocycles. The first kappa shape index (κ1) is 21.2. The van der Waals surface area contributed by atoms with Crippen LogP contribution in [-0.2, 0) is 16.7 Å². The Morgan fingerprint density at radius 2 is 2.10 bits per heavy atom. The summed E-state index contributed by atoms with van der Waals surface area (Å²) in [4.78, 5) is 23.2. The third kappa shape index (κ3) is 3.83. The van der Waals surface area contributed by atoms with E-state index in [2.05, 4.69) is 14.8 Å². The minimum Gasteiger partial charge on any atom is -0.456 e. The van der Waals surface area contributed by atoms with Crippen molar-refractivity contribution in [3.63, 3.8) is 0 Å². The number of nitrogens with zero attached hydrogens (tertiary/aromatic N) is 3. The van der Waals surface area contributed by atoms with Gasteiger partial charge >= 0.3 is 0 Å². The molecule has 156 valence electrons. The number of hydrogen-bond acceptors (Lipinski definition) is 5. The first-order valence-electron chi connectivity index (χ1n) is 8.76. The molecule has 2 N–H and O–H groups in total. The zero-order chi connectivity index (χ0) is 22.1. The SMILES string of the molecule is [C-]#[N+]c1ccc(C(=O)Cc2cc(F)c(F)c([C@@]3(C)N=C(N)O[C@H](CF)[C@@H]3F)c2)nc1. The Kier molecular flexibility index (Phi) is 5.73. The van der Waals surface area contributed by atoms with Gasteiger partial charge in [0.2, 0.25) is 5.69 Å². The molecule has 0 unspecified atom stereocenters. The van der Waals surface area contributed by atoms with Gasteiger partial charge in [-0.25, -0.2) is 27.4 Å². The van der Waals surface area contributed by atoms with Gasteiger partial charge in [0.1, 0.15) is 17.9 Å². The Morgan fingerprint density at radius 3 is 2.70 bits per heavy atom. The van der Waals surface area contributed by atoms with E-state index < -0.39 is 53.5 Å². The third-order valence-corrected chi connectivity index (χ3v) is 4.79. The van der Waals surface area contributed by atoms with Gasteiger partial charge in [-0.2, -0.15) is 0 Å². The number of rotatable bonds is 5. The number of pyridine rings is 1. The molecule has 0 amide bonds. The largest absolute Gasteiger partial charge is 0.456 e. The quantitative estimate of drug-likeness (QED) is 0.456. The van der Waals surface area contributed by atoms with Crippen LogP contribution in [0.4, 0.5) is 23.2 Å². The molecule has 0 radical (unpaired) electrons. The molecule has 1 aliphatic heterocycles. The molecule has 1 aromatic carbocycles. The first-order chi connectivity index (χ1) is 14.2. The molecular weight excluding hydrogens is 404 g/mol. The Morgan fingerprint density at radius 1 is 1.37 bits per heavy atom. The minimum atomic E-state index is -2.16. The molecule has 3 rings (SSSR count). The van der Waals surface area contributed by atoms with Gasteiger partial charge < -0.3 is 10.5 Å². The maximum Gasteiger partial charge on any atom is 0.283 e. The van der Waals surface area contributed by atoms with Crippen LogP contribution in [0.5, 0.6) is 0 Å². The lowest BCUT2D eigenvalue weighted by Crippen LogP contribution is -2.50. The summed E-state index contributed by atoms with van der Waals surface area (Å²) < 4.78 is 61.6. The summed E-state index contributed by atoms with van der Waals surface area (Å²) in [6, 6.07) is 4.08. The van der Waals surface area contributed by atoms with Crippen LogP contribution in [0.2, 0.25) is 0 Å². The van der Waals surface area contributed by atoms with Gasteiger partial charge in [-0.1, -0.05) is 6.07 Å². The van der Waals surface area contributed by atoms with E-state index in [4.69, 9.17) is 17.0 Å². The van der Waals surface area contributed by atoms with E-state index >= 15 is 0 Å². The second-order valence-electron chi connectivity index (χ2n) is 6.86. The number of alkyl halides is 2.